The number of methoxy groups -OCH3 is 1. The standard InChI is InChI=1S/C24H21BrN2O5/c1-16-5-3-4-6-21(16)24(29)32-22-12-7-18(25)13-17(22)14-26-27-23(28)15-31-20-10-8-19(30-2)9-11-20/h3-14H,15H2,1-2H3,(H,27,28). The maximum atomic E-state index is 12.5. The van der Waals surface area contributed by atoms with Crippen LogP contribution in [0.4, 0.5) is 0 Å². The molecule has 32 heavy (non-hydrogen) atoms. The number of carbonyl (C=O) groups is 2. The van der Waals surface area contributed by atoms with Gasteiger partial charge in [0.1, 0.15) is 17.2 Å². The number of hydrazone groups is 1. The lowest BCUT2D eigenvalue weighted by Crippen LogP contribution is -2.24. The fourth-order valence-corrected chi connectivity index (χ4v) is 3.08. The average Bonchev–Trinajstić information content (AvgIpc) is 2.80. The zero-order valence-electron chi connectivity index (χ0n) is 17.5. The molecule has 8 heteroatoms. The molecule has 0 spiro atoms. The van der Waals surface area contributed by atoms with Crippen LogP contribution in [0, 0.1) is 6.92 Å². The highest BCUT2D eigenvalue weighted by atomic mass is 79.9. The monoisotopic (exact) mass is 496 g/mol. The number of hydrogen-bond donors (Lipinski definition) is 1. The molecule has 3 aromatic rings. The fourth-order valence-electron chi connectivity index (χ4n) is 2.70. The smallest absolute Gasteiger partial charge is 0.343 e. The summed E-state index contributed by atoms with van der Waals surface area (Å²) in [5.41, 5.74) is 4.19. The van der Waals surface area contributed by atoms with Crippen molar-refractivity contribution in [3.05, 3.63) is 87.9 Å². The van der Waals surface area contributed by atoms with Crippen molar-refractivity contribution in [3.63, 3.8) is 0 Å². The van der Waals surface area contributed by atoms with E-state index in [4.69, 9.17) is 14.2 Å². The molecule has 3 aromatic carbocycles. The van der Waals surface area contributed by atoms with E-state index in [2.05, 4.69) is 26.5 Å². The van der Waals surface area contributed by atoms with Crippen LogP contribution in [0.2, 0.25) is 0 Å². The lowest BCUT2D eigenvalue weighted by Gasteiger charge is -2.09. The predicted octanol–water partition coefficient (Wildman–Crippen LogP) is 4.51. The quantitative estimate of drug-likeness (QED) is 0.214. The summed E-state index contributed by atoms with van der Waals surface area (Å²) in [7, 11) is 1.57. The second-order valence-corrected chi connectivity index (χ2v) is 7.56. The van der Waals surface area contributed by atoms with Crippen LogP contribution in [-0.2, 0) is 4.79 Å². The Morgan fingerprint density at radius 1 is 1.03 bits per heavy atom. The van der Waals surface area contributed by atoms with Gasteiger partial charge in [-0.25, -0.2) is 10.2 Å². The normalized spacial score (nSPS) is 10.6. The minimum Gasteiger partial charge on any atom is -0.497 e. The van der Waals surface area contributed by atoms with Crippen LogP contribution in [0.25, 0.3) is 0 Å². The van der Waals surface area contributed by atoms with E-state index in [0.29, 0.717) is 28.4 Å². The number of nitrogens with zero attached hydrogens (tertiary/aromatic N) is 1. The third kappa shape index (κ3) is 6.42. The first kappa shape index (κ1) is 23.0. The van der Waals surface area contributed by atoms with Gasteiger partial charge in [0.2, 0.25) is 0 Å². The van der Waals surface area contributed by atoms with Gasteiger partial charge in [-0.15, -0.1) is 0 Å². The second-order valence-electron chi connectivity index (χ2n) is 6.64. The molecule has 1 N–H and O–H groups in total. The van der Waals surface area contributed by atoms with Crippen molar-refractivity contribution in [3.8, 4) is 17.2 Å². The Labute approximate surface area is 194 Å². The molecule has 7 nitrogen and oxygen atoms in total. The molecule has 164 valence electrons. The van der Waals surface area contributed by atoms with E-state index >= 15 is 0 Å². The Kier molecular flexibility index (Phi) is 7.99. The largest absolute Gasteiger partial charge is 0.497 e. The molecule has 3 rings (SSSR count). The summed E-state index contributed by atoms with van der Waals surface area (Å²) in [5, 5.41) is 3.94. The summed E-state index contributed by atoms with van der Waals surface area (Å²) in [6, 6.07) is 19.2. The third-order valence-electron chi connectivity index (χ3n) is 4.36. The summed E-state index contributed by atoms with van der Waals surface area (Å²) in [4.78, 5) is 24.6. The van der Waals surface area contributed by atoms with Crippen LogP contribution < -0.4 is 19.6 Å². The fraction of sp³-hybridized carbons (Fsp3) is 0.125. The zero-order valence-corrected chi connectivity index (χ0v) is 19.1. The van der Waals surface area contributed by atoms with Crippen molar-refractivity contribution in [2.24, 2.45) is 5.10 Å². The number of halogens is 1. The number of esters is 1. The van der Waals surface area contributed by atoms with Crippen molar-refractivity contribution in [2.45, 2.75) is 6.92 Å². The van der Waals surface area contributed by atoms with E-state index in [9.17, 15) is 9.59 Å². The van der Waals surface area contributed by atoms with Crippen molar-refractivity contribution >= 4 is 34.0 Å². The Hall–Kier alpha value is -3.65. The van der Waals surface area contributed by atoms with Gasteiger partial charge in [-0.1, -0.05) is 34.1 Å². The van der Waals surface area contributed by atoms with Gasteiger partial charge in [0.05, 0.1) is 18.9 Å². The molecule has 0 radical (unpaired) electrons. The van der Waals surface area contributed by atoms with Crippen molar-refractivity contribution in [2.75, 3.05) is 13.7 Å². The first-order valence-electron chi connectivity index (χ1n) is 9.62. The van der Waals surface area contributed by atoms with Gasteiger partial charge in [0.25, 0.3) is 5.91 Å². The van der Waals surface area contributed by atoms with Crippen LogP contribution in [0.3, 0.4) is 0 Å². The highest BCUT2D eigenvalue weighted by molar-refractivity contribution is 9.10. The van der Waals surface area contributed by atoms with E-state index in [-0.39, 0.29) is 6.61 Å². The number of aryl methyl sites for hydroxylation is 1. The van der Waals surface area contributed by atoms with E-state index in [1.54, 1.807) is 61.7 Å². The predicted molar refractivity (Wildman–Crippen MR) is 125 cm³/mol. The first-order valence-corrected chi connectivity index (χ1v) is 10.4. The molecule has 0 aromatic heterocycles. The highest BCUT2D eigenvalue weighted by Crippen LogP contribution is 2.23. The number of nitrogens with one attached hydrogen (secondary N) is 1. The summed E-state index contributed by atoms with van der Waals surface area (Å²) < 4.78 is 16.8. The molecule has 0 atom stereocenters. The maximum absolute atomic E-state index is 12.5. The van der Waals surface area contributed by atoms with Gasteiger partial charge in [-0.2, -0.15) is 5.10 Å². The van der Waals surface area contributed by atoms with Crippen LogP contribution in [0.1, 0.15) is 21.5 Å². The molecule has 0 heterocycles. The lowest BCUT2D eigenvalue weighted by atomic mass is 10.1. The SMILES string of the molecule is COc1ccc(OCC(=O)NN=Cc2cc(Br)ccc2OC(=O)c2ccccc2C)cc1. The number of carbonyl (C=O) groups excluding carboxylic acids is 2. The van der Waals surface area contributed by atoms with Crippen LogP contribution >= 0.6 is 15.9 Å². The molecule has 0 fully saturated rings. The molecule has 0 saturated carbocycles. The number of hydrogen-bond acceptors (Lipinski definition) is 6. The molecule has 0 bridgehead atoms. The first-order chi connectivity index (χ1) is 15.5. The van der Waals surface area contributed by atoms with E-state index < -0.39 is 11.9 Å². The minimum atomic E-state index is -0.475. The van der Waals surface area contributed by atoms with Crippen LogP contribution in [0.5, 0.6) is 17.2 Å². The zero-order chi connectivity index (χ0) is 22.9. The summed E-state index contributed by atoms with van der Waals surface area (Å²) in [6.07, 6.45) is 1.40. The lowest BCUT2D eigenvalue weighted by molar-refractivity contribution is -0.123. The topological polar surface area (TPSA) is 86.2 Å². The summed E-state index contributed by atoms with van der Waals surface area (Å²) in [6.45, 7) is 1.63. The number of amides is 1. The van der Waals surface area contributed by atoms with E-state index in [0.717, 1.165) is 10.0 Å². The molecular weight excluding hydrogens is 476 g/mol. The third-order valence-corrected chi connectivity index (χ3v) is 4.85. The van der Waals surface area contributed by atoms with Gasteiger partial charge in [0.15, 0.2) is 6.61 Å². The number of rotatable bonds is 8. The average molecular weight is 497 g/mol. The molecular formula is C24H21BrN2O5. The summed E-state index contributed by atoms with van der Waals surface area (Å²) in [5.74, 6) is 0.623. The molecule has 1 amide bonds. The summed E-state index contributed by atoms with van der Waals surface area (Å²) >= 11 is 3.38. The maximum Gasteiger partial charge on any atom is 0.343 e. The van der Waals surface area contributed by atoms with Gasteiger partial charge < -0.3 is 14.2 Å². The van der Waals surface area contributed by atoms with Crippen molar-refractivity contribution in [1.82, 2.24) is 5.43 Å². The van der Waals surface area contributed by atoms with Crippen LogP contribution in [-0.4, -0.2) is 31.8 Å². The Balaban J connectivity index is 1.61. The molecule has 0 saturated heterocycles. The Morgan fingerprint density at radius 2 is 1.75 bits per heavy atom. The van der Waals surface area contributed by atoms with Gasteiger partial charge in [-0.3, -0.25) is 4.79 Å². The molecule has 0 aliphatic heterocycles. The minimum absolute atomic E-state index is 0.211. The molecule has 0 unspecified atom stereocenters. The van der Waals surface area contributed by atoms with Gasteiger partial charge in [0, 0.05) is 10.0 Å². The number of ether oxygens (including phenoxy) is 3. The number of benzene rings is 3. The van der Waals surface area contributed by atoms with Crippen molar-refractivity contribution < 1.29 is 23.8 Å². The molecule has 0 aliphatic carbocycles. The van der Waals surface area contributed by atoms with Gasteiger partial charge >= 0.3 is 5.97 Å². The molecule has 0 aliphatic rings. The van der Waals surface area contributed by atoms with E-state index in [1.165, 1.54) is 6.21 Å². The second kappa shape index (κ2) is 11.1. The highest BCUT2D eigenvalue weighted by Gasteiger charge is 2.13. The van der Waals surface area contributed by atoms with Crippen LogP contribution in [0.15, 0.2) is 76.3 Å². The van der Waals surface area contributed by atoms with E-state index in [1.807, 2.05) is 19.1 Å². The Bertz CT molecular complexity index is 1130. The Morgan fingerprint density at radius 3 is 2.47 bits per heavy atom. The van der Waals surface area contributed by atoms with Crippen molar-refractivity contribution in [1.29, 1.82) is 0 Å². The van der Waals surface area contributed by atoms with Gasteiger partial charge in [-0.05, 0) is 61.0 Å².